The van der Waals surface area contributed by atoms with E-state index in [1.54, 1.807) is 0 Å². The number of sulfonamides is 1. The van der Waals surface area contributed by atoms with Crippen LogP contribution in [0.2, 0.25) is 0 Å². The number of nitrogens with two attached hydrogens (primary N) is 1. The molecule has 1 saturated heterocycles. The average Bonchev–Trinajstić information content (AvgIpc) is 3.08. The number of nitro groups is 1. The Morgan fingerprint density at radius 1 is 1.44 bits per heavy atom. The van der Waals surface area contributed by atoms with Crippen molar-refractivity contribution in [3.8, 4) is 0 Å². The molecule has 1 aromatic carbocycles. The third-order valence-corrected chi connectivity index (χ3v) is 7.01. The number of rotatable bonds is 4. The minimum atomic E-state index is -4.11. The molecule has 1 aliphatic carbocycles. The molecule has 0 spiro atoms. The predicted molar refractivity (Wildman–Crippen MR) is 87.0 cm³/mol. The minimum Gasteiger partial charge on any atom is -0.469 e. The molecule has 0 unspecified atom stereocenters. The van der Waals surface area contributed by atoms with Gasteiger partial charge in [-0.05, 0) is 24.8 Å². The summed E-state index contributed by atoms with van der Waals surface area (Å²) in [5, 5.41) is 11.2. The Bertz CT molecular complexity index is 826. The summed E-state index contributed by atoms with van der Waals surface area (Å²) in [7, 11) is -2.85. The fourth-order valence-electron chi connectivity index (χ4n) is 4.04. The highest BCUT2D eigenvalue weighted by molar-refractivity contribution is 7.89. The van der Waals surface area contributed by atoms with Crippen molar-refractivity contribution in [3.05, 3.63) is 34.4 Å². The number of nitrogens with zero attached hydrogens (tertiary/aromatic N) is 2. The van der Waals surface area contributed by atoms with Crippen LogP contribution in [0.15, 0.2) is 29.2 Å². The van der Waals surface area contributed by atoms with Crippen molar-refractivity contribution < 1.29 is 22.9 Å². The van der Waals surface area contributed by atoms with Crippen LogP contribution < -0.4 is 5.73 Å². The Labute approximate surface area is 144 Å². The van der Waals surface area contributed by atoms with Gasteiger partial charge in [0.15, 0.2) is 4.90 Å². The first-order chi connectivity index (χ1) is 11.7. The van der Waals surface area contributed by atoms with Gasteiger partial charge in [0.05, 0.1) is 17.4 Å². The van der Waals surface area contributed by atoms with Crippen LogP contribution in [0, 0.1) is 21.4 Å². The number of para-hydroxylation sites is 1. The molecule has 1 heterocycles. The first-order valence-corrected chi connectivity index (χ1v) is 9.24. The lowest BCUT2D eigenvalue weighted by Gasteiger charge is -2.25. The largest absolute Gasteiger partial charge is 0.469 e. The van der Waals surface area contributed by atoms with Crippen molar-refractivity contribution in [2.75, 3.05) is 20.2 Å². The van der Waals surface area contributed by atoms with Crippen LogP contribution in [0.25, 0.3) is 0 Å². The minimum absolute atomic E-state index is 0.0770. The summed E-state index contributed by atoms with van der Waals surface area (Å²) in [5.41, 5.74) is 4.50. The fourth-order valence-corrected chi connectivity index (χ4v) is 5.76. The lowest BCUT2D eigenvalue weighted by Crippen LogP contribution is -2.39. The summed E-state index contributed by atoms with van der Waals surface area (Å²) in [6, 6.07) is 5.00. The lowest BCUT2D eigenvalue weighted by molar-refractivity contribution is -0.387. The van der Waals surface area contributed by atoms with Crippen LogP contribution in [0.5, 0.6) is 0 Å². The molecule has 2 N–H and O–H groups in total. The van der Waals surface area contributed by atoms with Crippen molar-refractivity contribution in [1.29, 1.82) is 0 Å². The lowest BCUT2D eigenvalue weighted by atomic mass is 9.81. The summed E-state index contributed by atoms with van der Waals surface area (Å²) in [4.78, 5) is 22.4. The number of benzene rings is 1. The van der Waals surface area contributed by atoms with Gasteiger partial charge in [-0.2, -0.15) is 4.31 Å². The first kappa shape index (κ1) is 17.8. The topological polar surface area (TPSA) is 133 Å². The second kappa shape index (κ2) is 6.04. The summed E-state index contributed by atoms with van der Waals surface area (Å²) in [5.74, 6) is -0.738. The van der Waals surface area contributed by atoms with E-state index < -0.39 is 32.0 Å². The maximum absolute atomic E-state index is 13.0. The average molecular weight is 369 g/mol. The van der Waals surface area contributed by atoms with Crippen LogP contribution >= 0.6 is 0 Å². The molecule has 3 rings (SSSR count). The molecule has 0 aromatic heterocycles. The highest BCUT2D eigenvalue weighted by Crippen LogP contribution is 2.50. The van der Waals surface area contributed by atoms with E-state index in [0.29, 0.717) is 12.8 Å². The molecule has 0 radical (unpaired) electrons. The predicted octanol–water partition coefficient (Wildman–Crippen LogP) is 0.496. The Morgan fingerprint density at radius 3 is 2.76 bits per heavy atom. The van der Waals surface area contributed by atoms with Gasteiger partial charge >= 0.3 is 5.97 Å². The zero-order chi connectivity index (χ0) is 18.4. The fraction of sp³-hybridized carbons (Fsp3) is 0.533. The molecule has 1 saturated carbocycles. The Balaban J connectivity index is 1.99. The number of carbonyl (C=O) groups excluding carboxylic acids is 1. The Kier molecular flexibility index (Phi) is 4.30. The van der Waals surface area contributed by atoms with Crippen LogP contribution in [0.1, 0.15) is 12.8 Å². The third kappa shape index (κ3) is 2.70. The zero-order valence-electron chi connectivity index (χ0n) is 13.6. The number of methoxy groups -OCH3 is 1. The summed E-state index contributed by atoms with van der Waals surface area (Å²) >= 11 is 0. The number of ether oxygens (including phenoxy) is 1. The van der Waals surface area contributed by atoms with Gasteiger partial charge in [0.2, 0.25) is 10.0 Å². The third-order valence-electron chi connectivity index (χ3n) is 5.15. The van der Waals surface area contributed by atoms with Gasteiger partial charge < -0.3 is 10.5 Å². The number of fused-ring (bicyclic) bond motifs is 1. The quantitative estimate of drug-likeness (QED) is 0.464. The monoisotopic (exact) mass is 369 g/mol. The van der Waals surface area contributed by atoms with E-state index >= 15 is 0 Å². The first-order valence-electron chi connectivity index (χ1n) is 7.80. The Morgan fingerprint density at radius 2 is 2.12 bits per heavy atom. The molecule has 136 valence electrons. The molecule has 0 bridgehead atoms. The van der Waals surface area contributed by atoms with E-state index in [4.69, 9.17) is 10.5 Å². The maximum Gasteiger partial charge on any atom is 0.313 e. The second-order valence-corrected chi connectivity index (χ2v) is 8.47. The molecular formula is C15H19N3O6S. The van der Waals surface area contributed by atoms with E-state index in [0.717, 1.165) is 10.4 Å². The van der Waals surface area contributed by atoms with Crippen molar-refractivity contribution in [2.24, 2.45) is 17.1 Å². The van der Waals surface area contributed by atoms with Crippen LogP contribution in [0.3, 0.4) is 0 Å². The van der Waals surface area contributed by atoms with E-state index in [2.05, 4.69) is 0 Å². The molecule has 2 fully saturated rings. The number of carbonyl (C=O) groups is 1. The van der Waals surface area contributed by atoms with Gasteiger partial charge in [-0.3, -0.25) is 14.9 Å². The molecule has 9 nitrogen and oxygen atoms in total. The summed E-state index contributed by atoms with van der Waals surface area (Å²) < 4.78 is 32.0. The molecule has 0 amide bonds. The number of nitro benzene ring substituents is 1. The van der Waals surface area contributed by atoms with Crippen molar-refractivity contribution in [1.82, 2.24) is 4.31 Å². The highest BCUT2D eigenvalue weighted by atomic mass is 32.2. The maximum atomic E-state index is 13.0. The number of hydrogen-bond acceptors (Lipinski definition) is 7. The highest BCUT2D eigenvalue weighted by Gasteiger charge is 2.60. The van der Waals surface area contributed by atoms with Gasteiger partial charge in [-0.1, -0.05) is 12.1 Å². The molecule has 3 atom stereocenters. The van der Waals surface area contributed by atoms with Gasteiger partial charge in [0, 0.05) is 25.2 Å². The van der Waals surface area contributed by atoms with Gasteiger partial charge in [0.25, 0.3) is 5.69 Å². The van der Waals surface area contributed by atoms with E-state index in [-0.39, 0.29) is 29.9 Å². The number of hydrogen-bond donors (Lipinski definition) is 1. The van der Waals surface area contributed by atoms with Gasteiger partial charge in [0.1, 0.15) is 0 Å². The normalized spacial score (nSPS) is 29.4. The molecule has 1 aromatic rings. The van der Waals surface area contributed by atoms with E-state index in [1.165, 1.54) is 25.3 Å². The molecule has 10 heteroatoms. The molecule has 2 aliphatic rings. The van der Waals surface area contributed by atoms with Crippen molar-refractivity contribution in [3.63, 3.8) is 0 Å². The van der Waals surface area contributed by atoms with Crippen molar-refractivity contribution >= 4 is 21.7 Å². The molecule has 25 heavy (non-hydrogen) atoms. The molecular weight excluding hydrogens is 350 g/mol. The zero-order valence-corrected chi connectivity index (χ0v) is 14.4. The Hall–Kier alpha value is -2.04. The summed E-state index contributed by atoms with van der Waals surface area (Å²) in [6.07, 6.45) is 0.852. The van der Waals surface area contributed by atoms with Crippen LogP contribution in [-0.2, 0) is 19.6 Å². The van der Waals surface area contributed by atoms with Crippen molar-refractivity contribution in [2.45, 2.75) is 23.8 Å². The summed E-state index contributed by atoms with van der Waals surface area (Å²) in [6.45, 7) is 0.0175. The van der Waals surface area contributed by atoms with Gasteiger partial charge in [-0.25, -0.2) is 8.42 Å². The second-order valence-electron chi connectivity index (χ2n) is 6.57. The molecule has 1 aliphatic heterocycles. The van der Waals surface area contributed by atoms with E-state index in [9.17, 15) is 23.3 Å². The van der Waals surface area contributed by atoms with E-state index in [1.807, 2.05) is 0 Å². The van der Waals surface area contributed by atoms with Crippen LogP contribution in [-0.4, -0.2) is 49.9 Å². The van der Waals surface area contributed by atoms with Crippen LogP contribution in [0.4, 0.5) is 5.69 Å². The standard InChI is InChI=1S/C15H19N3O6S/c1-24-14(19)15-7-11(16)6-10(15)8-17(9-15)25(22,23)13-5-3-2-4-12(13)18(20)21/h2-5,10-11H,6-9,16H2,1H3/t10-,11+,15-/m0/s1. The van der Waals surface area contributed by atoms with Gasteiger partial charge in [-0.15, -0.1) is 0 Å². The smallest absolute Gasteiger partial charge is 0.313 e. The number of esters is 1. The SMILES string of the molecule is COC(=O)[C@]12C[C@H](N)C[C@H]1CN(S(=O)(=O)c1ccccc1[N+](=O)[O-])C2.